The molecule has 6 heteroatoms. The predicted octanol–water partition coefficient (Wildman–Crippen LogP) is 5.54. The van der Waals surface area contributed by atoms with Crippen molar-refractivity contribution in [2.45, 2.75) is 57.5 Å². The Labute approximate surface area is 230 Å². The van der Waals surface area contributed by atoms with Gasteiger partial charge in [-0.05, 0) is 85.6 Å². The van der Waals surface area contributed by atoms with Gasteiger partial charge in [0.25, 0.3) is 11.8 Å². The minimum Gasteiger partial charge on any atom is -0.355 e. The topological polar surface area (TPSA) is 69.7 Å². The molecule has 0 spiro atoms. The highest BCUT2D eigenvalue weighted by atomic mass is 16.2. The first-order valence-electron chi connectivity index (χ1n) is 14.2. The van der Waals surface area contributed by atoms with Crippen molar-refractivity contribution in [1.82, 2.24) is 15.1 Å². The molecule has 200 valence electrons. The van der Waals surface area contributed by atoms with Crippen LogP contribution in [0.3, 0.4) is 0 Å². The number of benzene rings is 3. The normalized spacial score (nSPS) is 19.5. The SMILES string of the molecule is CCCNC(=O)C1c2ccccc2-c2cccc(C(CC(C)N3C(=O)c4ccccc4C3=O)N3CCCC3)c21. The van der Waals surface area contributed by atoms with E-state index in [9.17, 15) is 14.4 Å². The fraction of sp³-hybridized carbons (Fsp3) is 0.364. The van der Waals surface area contributed by atoms with Crippen LogP contribution in [0.2, 0.25) is 0 Å². The maximum atomic E-state index is 13.6. The number of imide groups is 1. The molecule has 0 aromatic heterocycles. The van der Waals surface area contributed by atoms with Gasteiger partial charge in [-0.15, -0.1) is 0 Å². The lowest BCUT2D eigenvalue weighted by atomic mass is 9.86. The van der Waals surface area contributed by atoms with E-state index >= 15 is 0 Å². The summed E-state index contributed by atoms with van der Waals surface area (Å²) in [6.45, 7) is 6.60. The van der Waals surface area contributed by atoms with E-state index in [0.717, 1.165) is 60.2 Å². The molecule has 3 aromatic carbocycles. The van der Waals surface area contributed by atoms with E-state index < -0.39 is 0 Å². The third-order valence-electron chi connectivity index (χ3n) is 8.57. The number of amides is 3. The zero-order valence-corrected chi connectivity index (χ0v) is 22.7. The van der Waals surface area contributed by atoms with E-state index in [1.807, 2.05) is 19.1 Å². The third-order valence-corrected chi connectivity index (χ3v) is 8.57. The summed E-state index contributed by atoms with van der Waals surface area (Å²) in [6, 6.07) is 21.4. The highest BCUT2D eigenvalue weighted by Crippen LogP contribution is 2.49. The van der Waals surface area contributed by atoms with Gasteiger partial charge in [-0.25, -0.2) is 0 Å². The second-order valence-corrected chi connectivity index (χ2v) is 11.0. The standard InChI is InChI=1S/C33H35N3O3/c1-3-17-34-31(37)30-24-12-5-4-11-22(24)23-15-10-16-27(29(23)30)28(35-18-8-9-19-35)20-21(2)36-32(38)25-13-6-7-14-26(25)33(36)39/h4-7,10-16,21,28,30H,3,8-9,17-20H2,1-2H3,(H,34,37). The molecular formula is C33H35N3O3. The van der Waals surface area contributed by atoms with Crippen molar-refractivity contribution in [3.05, 3.63) is 94.5 Å². The molecule has 1 N–H and O–H groups in total. The fourth-order valence-electron chi connectivity index (χ4n) is 6.77. The average Bonchev–Trinajstić information content (AvgIpc) is 3.67. The second kappa shape index (κ2) is 10.4. The highest BCUT2D eigenvalue weighted by molar-refractivity contribution is 6.21. The molecule has 1 saturated heterocycles. The monoisotopic (exact) mass is 521 g/mol. The number of nitrogens with zero attached hydrogens (tertiary/aromatic N) is 2. The van der Waals surface area contributed by atoms with Crippen molar-refractivity contribution in [2.24, 2.45) is 0 Å². The van der Waals surface area contributed by atoms with E-state index in [1.165, 1.54) is 4.90 Å². The first kappa shape index (κ1) is 25.5. The minimum atomic E-state index is -0.376. The zero-order chi connectivity index (χ0) is 27.1. The van der Waals surface area contributed by atoms with Crippen LogP contribution in [0.15, 0.2) is 66.7 Å². The number of carbonyl (C=O) groups is 3. The molecule has 0 saturated carbocycles. The Kier molecular flexibility index (Phi) is 6.81. The predicted molar refractivity (Wildman–Crippen MR) is 152 cm³/mol. The number of carbonyl (C=O) groups excluding carboxylic acids is 3. The molecule has 3 amide bonds. The summed E-state index contributed by atoms with van der Waals surface area (Å²) in [5.74, 6) is -0.778. The number of likely N-dealkylation sites (tertiary alicyclic amines) is 1. The van der Waals surface area contributed by atoms with Crippen LogP contribution in [0, 0.1) is 0 Å². The molecule has 1 aliphatic carbocycles. The molecule has 1 fully saturated rings. The second-order valence-electron chi connectivity index (χ2n) is 11.0. The molecule has 3 unspecified atom stereocenters. The van der Waals surface area contributed by atoms with E-state index in [1.54, 1.807) is 24.3 Å². The minimum absolute atomic E-state index is 0.0162. The summed E-state index contributed by atoms with van der Waals surface area (Å²) < 4.78 is 0. The molecule has 3 atom stereocenters. The summed E-state index contributed by atoms with van der Waals surface area (Å²) in [7, 11) is 0. The van der Waals surface area contributed by atoms with E-state index in [0.29, 0.717) is 24.1 Å². The number of rotatable bonds is 8. The molecular weight excluding hydrogens is 486 g/mol. The highest BCUT2D eigenvalue weighted by Gasteiger charge is 2.42. The quantitative estimate of drug-likeness (QED) is 0.396. The first-order chi connectivity index (χ1) is 19.0. The van der Waals surface area contributed by atoms with Crippen molar-refractivity contribution >= 4 is 17.7 Å². The van der Waals surface area contributed by atoms with Crippen LogP contribution in [-0.4, -0.2) is 53.2 Å². The molecule has 0 bridgehead atoms. The fourth-order valence-corrected chi connectivity index (χ4v) is 6.77. The zero-order valence-electron chi connectivity index (χ0n) is 22.7. The van der Waals surface area contributed by atoms with Crippen LogP contribution in [0.1, 0.15) is 88.9 Å². The molecule has 0 radical (unpaired) electrons. The summed E-state index contributed by atoms with van der Waals surface area (Å²) in [5, 5.41) is 3.15. The Morgan fingerprint density at radius 2 is 1.49 bits per heavy atom. The molecule has 3 aliphatic rings. The van der Waals surface area contributed by atoms with Crippen molar-refractivity contribution < 1.29 is 14.4 Å². The van der Waals surface area contributed by atoms with Crippen molar-refractivity contribution in [3.63, 3.8) is 0 Å². The Morgan fingerprint density at radius 3 is 2.15 bits per heavy atom. The largest absolute Gasteiger partial charge is 0.355 e. The van der Waals surface area contributed by atoms with Gasteiger partial charge in [-0.2, -0.15) is 0 Å². The number of hydrogen-bond acceptors (Lipinski definition) is 4. The third kappa shape index (κ3) is 4.27. The van der Waals surface area contributed by atoms with Crippen LogP contribution in [-0.2, 0) is 4.79 Å². The molecule has 3 aromatic rings. The summed E-state index contributed by atoms with van der Waals surface area (Å²) in [5.41, 5.74) is 6.43. The van der Waals surface area contributed by atoms with Gasteiger partial charge < -0.3 is 5.32 Å². The van der Waals surface area contributed by atoms with Crippen LogP contribution in [0.5, 0.6) is 0 Å². The van der Waals surface area contributed by atoms with Crippen molar-refractivity contribution in [2.75, 3.05) is 19.6 Å². The van der Waals surface area contributed by atoms with Gasteiger partial charge in [0.2, 0.25) is 5.91 Å². The Bertz CT molecular complexity index is 1410. The summed E-state index contributed by atoms with van der Waals surface area (Å²) >= 11 is 0. The molecule has 2 heterocycles. The maximum Gasteiger partial charge on any atom is 0.261 e. The number of nitrogens with one attached hydrogen (secondary N) is 1. The lowest BCUT2D eigenvalue weighted by Gasteiger charge is -2.34. The van der Waals surface area contributed by atoms with Crippen molar-refractivity contribution in [3.8, 4) is 11.1 Å². The van der Waals surface area contributed by atoms with Crippen LogP contribution in [0.25, 0.3) is 11.1 Å². The molecule has 2 aliphatic heterocycles. The van der Waals surface area contributed by atoms with Crippen LogP contribution in [0.4, 0.5) is 0 Å². The van der Waals surface area contributed by atoms with Crippen LogP contribution >= 0.6 is 0 Å². The van der Waals surface area contributed by atoms with E-state index in [4.69, 9.17) is 0 Å². The lowest BCUT2D eigenvalue weighted by Crippen LogP contribution is -2.41. The van der Waals surface area contributed by atoms with Gasteiger partial charge in [-0.3, -0.25) is 24.2 Å². The van der Waals surface area contributed by atoms with Gasteiger partial charge in [0, 0.05) is 18.6 Å². The van der Waals surface area contributed by atoms with Crippen LogP contribution < -0.4 is 5.32 Å². The van der Waals surface area contributed by atoms with E-state index in [2.05, 4.69) is 47.5 Å². The van der Waals surface area contributed by atoms with Gasteiger partial charge in [0.05, 0.1) is 17.0 Å². The Hall–Kier alpha value is -3.77. The van der Waals surface area contributed by atoms with Gasteiger partial charge >= 0.3 is 0 Å². The van der Waals surface area contributed by atoms with E-state index in [-0.39, 0.29) is 35.7 Å². The maximum absolute atomic E-state index is 13.6. The Morgan fingerprint density at radius 1 is 0.872 bits per heavy atom. The molecule has 39 heavy (non-hydrogen) atoms. The van der Waals surface area contributed by atoms with Gasteiger partial charge in [0.1, 0.15) is 0 Å². The number of hydrogen-bond donors (Lipinski definition) is 1. The van der Waals surface area contributed by atoms with Crippen molar-refractivity contribution in [1.29, 1.82) is 0 Å². The number of fused-ring (bicyclic) bond motifs is 4. The average molecular weight is 522 g/mol. The first-order valence-corrected chi connectivity index (χ1v) is 14.2. The lowest BCUT2D eigenvalue weighted by molar-refractivity contribution is -0.121. The summed E-state index contributed by atoms with van der Waals surface area (Å²) in [6.07, 6.45) is 3.73. The molecule has 6 nitrogen and oxygen atoms in total. The Balaban J connectivity index is 1.40. The molecule has 6 rings (SSSR count). The smallest absolute Gasteiger partial charge is 0.261 e. The van der Waals surface area contributed by atoms with Gasteiger partial charge in [0.15, 0.2) is 0 Å². The van der Waals surface area contributed by atoms with Gasteiger partial charge in [-0.1, -0.05) is 61.5 Å². The summed E-state index contributed by atoms with van der Waals surface area (Å²) in [4.78, 5) is 44.2.